The fourth-order valence-corrected chi connectivity index (χ4v) is 2.92. The Labute approximate surface area is 148 Å². The van der Waals surface area contributed by atoms with Crippen molar-refractivity contribution in [3.63, 3.8) is 0 Å². The summed E-state index contributed by atoms with van der Waals surface area (Å²) in [6.45, 7) is 2.16. The third-order valence-electron chi connectivity index (χ3n) is 4.36. The molecule has 5 nitrogen and oxygen atoms in total. The molecule has 0 saturated carbocycles. The molecule has 2 aromatic rings. The van der Waals surface area contributed by atoms with Crippen LogP contribution in [0.1, 0.15) is 11.1 Å². The number of piperazine rings is 1. The van der Waals surface area contributed by atoms with Crippen molar-refractivity contribution >= 4 is 11.7 Å². The number of pyridine rings is 1. The molecule has 3 rings (SSSR count). The molecule has 0 aliphatic carbocycles. The Bertz CT molecular complexity index is 823. The van der Waals surface area contributed by atoms with Gasteiger partial charge >= 0.3 is 6.18 Å². The first-order chi connectivity index (χ1) is 12.3. The van der Waals surface area contributed by atoms with Crippen molar-refractivity contribution in [2.24, 2.45) is 0 Å². The Balaban J connectivity index is 1.56. The van der Waals surface area contributed by atoms with Crippen LogP contribution in [0, 0.1) is 0 Å². The quantitative estimate of drug-likeness (QED) is 0.908. The molecule has 1 fully saturated rings. The zero-order valence-corrected chi connectivity index (χ0v) is 13.9. The lowest BCUT2D eigenvalue weighted by Crippen LogP contribution is -2.49. The van der Waals surface area contributed by atoms with Crippen LogP contribution in [-0.2, 0) is 17.4 Å². The molecule has 2 heterocycles. The SMILES string of the molecule is O=C(Cc1ccc(C(F)(F)F)cc1)N1CCN(c2cccc(=O)[nH]2)CC1. The standard InChI is InChI=1S/C18H18F3N3O2/c19-18(20,21)14-6-4-13(5-7-14)12-17(26)24-10-8-23(9-11-24)15-2-1-3-16(25)22-15/h1-7H,8-12H2,(H,22,25). The van der Waals surface area contributed by atoms with Crippen LogP contribution in [0.15, 0.2) is 47.3 Å². The van der Waals surface area contributed by atoms with Crippen LogP contribution in [0.5, 0.6) is 0 Å². The molecule has 0 atom stereocenters. The van der Waals surface area contributed by atoms with Gasteiger partial charge < -0.3 is 14.8 Å². The first-order valence-corrected chi connectivity index (χ1v) is 8.21. The van der Waals surface area contributed by atoms with E-state index in [4.69, 9.17) is 0 Å². The first kappa shape index (κ1) is 18.0. The maximum atomic E-state index is 12.6. The Kier molecular flexibility index (Phi) is 5.01. The number of anilines is 1. The number of alkyl halides is 3. The van der Waals surface area contributed by atoms with E-state index in [0.717, 1.165) is 12.1 Å². The van der Waals surface area contributed by atoms with E-state index < -0.39 is 11.7 Å². The number of carbonyl (C=O) groups excluding carboxylic acids is 1. The molecule has 1 aromatic carbocycles. The van der Waals surface area contributed by atoms with E-state index in [9.17, 15) is 22.8 Å². The molecule has 1 aromatic heterocycles. The van der Waals surface area contributed by atoms with Crippen LogP contribution in [0.4, 0.5) is 19.0 Å². The maximum Gasteiger partial charge on any atom is 0.416 e. The van der Waals surface area contributed by atoms with Gasteiger partial charge in [0.2, 0.25) is 11.5 Å². The summed E-state index contributed by atoms with van der Waals surface area (Å²) in [6.07, 6.45) is -4.31. The number of hydrogen-bond acceptors (Lipinski definition) is 3. The highest BCUT2D eigenvalue weighted by molar-refractivity contribution is 5.79. The predicted octanol–water partition coefficient (Wildman–Crippen LogP) is 2.29. The summed E-state index contributed by atoms with van der Waals surface area (Å²) in [5, 5.41) is 0. The number of carbonyl (C=O) groups is 1. The number of nitrogens with one attached hydrogen (secondary N) is 1. The summed E-state index contributed by atoms with van der Waals surface area (Å²) in [7, 11) is 0. The van der Waals surface area contributed by atoms with Crippen molar-refractivity contribution in [2.75, 3.05) is 31.1 Å². The molecule has 1 saturated heterocycles. The Hall–Kier alpha value is -2.77. The minimum atomic E-state index is -4.38. The molecule has 1 aliphatic heterocycles. The first-order valence-electron chi connectivity index (χ1n) is 8.21. The minimum Gasteiger partial charge on any atom is -0.355 e. The Morgan fingerprint density at radius 2 is 1.65 bits per heavy atom. The van der Waals surface area contributed by atoms with Gasteiger partial charge in [-0.25, -0.2) is 0 Å². The molecule has 1 amide bonds. The van der Waals surface area contributed by atoms with Crippen molar-refractivity contribution in [3.8, 4) is 0 Å². The molecule has 0 radical (unpaired) electrons. The van der Waals surface area contributed by atoms with Crippen LogP contribution in [0.25, 0.3) is 0 Å². The summed E-state index contributed by atoms with van der Waals surface area (Å²) >= 11 is 0. The van der Waals surface area contributed by atoms with E-state index >= 15 is 0 Å². The lowest BCUT2D eigenvalue weighted by molar-refractivity contribution is -0.137. The summed E-state index contributed by atoms with van der Waals surface area (Å²) in [4.78, 5) is 30.2. The van der Waals surface area contributed by atoms with Gasteiger partial charge in [0, 0.05) is 32.2 Å². The topological polar surface area (TPSA) is 56.4 Å². The number of aromatic amines is 1. The number of aromatic nitrogens is 1. The van der Waals surface area contributed by atoms with Crippen LogP contribution >= 0.6 is 0 Å². The second-order valence-electron chi connectivity index (χ2n) is 6.14. The molecule has 138 valence electrons. The molecular weight excluding hydrogens is 347 g/mol. The second-order valence-corrected chi connectivity index (χ2v) is 6.14. The Morgan fingerprint density at radius 1 is 1.00 bits per heavy atom. The maximum absolute atomic E-state index is 12.6. The number of rotatable bonds is 3. The van der Waals surface area contributed by atoms with Crippen LogP contribution in [-0.4, -0.2) is 42.0 Å². The number of amides is 1. The van der Waals surface area contributed by atoms with Gasteiger partial charge in [-0.15, -0.1) is 0 Å². The third-order valence-corrected chi connectivity index (χ3v) is 4.36. The van der Waals surface area contributed by atoms with Gasteiger partial charge in [-0.3, -0.25) is 9.59 Å². The molecule has 1 N–H and O–H groups in total. The van der Waals surface area contributed by atoms with Gasteiger partial charge in [0.25, 0.3) is 0 Å². The fraction of sp³-hybridized carbons (Fsp3) is 0.333. The van der Waals surface area contributed by atoms with Crippen molar-refractivity contribution in [2.45, 2.75) is 12.6 Å². The number of hydrogen-bond donors (Lipinski definition) is 1. The smallest absolute Gasteiger partial charge is 0.355 e. The number of H-pyrrole nitrogens is 1. The van der Waals surface area contributed by atoms with Gasteiger partial charge in [-0.05, 0) is 23.8 Å². The summed E-state index contributed by atoms with van der Waals surface area (Å²) in [5.74, 6) is 0.596. The van der Waals surface area contributed by atoms with Gasteiger partial charge in [0.05, 0.1) is 12.0 Å². The Morgan fingerprint density at radius 3 is 2.23 bits per heavy atom. The average Bonchev–Trinajstić information content (AvgIpc) is 2.61. The van der Waals surface area contributed by atoms with Crippen molar-refractivity contribution in [3.05, 3.63) is 63.9 Å². The van der Waals surface area contributed by atoms with Crippen molar-refractivity contribution in [1.29, 1.82) is 0 Å². The average molecular weight is 365 g/mol. The van der Waals surface area contributed by atoms with Crippen molar-refractivity contribution in [1.82, 2.24) is 9.88 Å². The zero-order chi connectivity index (χ0) is 18.7. The van der Waals surface area contributed by atoms with E-state index in [1.54, 1.807) is 17.0 Å². The van der Waals surface area contributed by atoms with E-state index in [-0.39, 0.29) is 17.9 Å². The number of nitrogens with zero attached hydrogens (tertiary/aromatic N) is 2. The summed E-state index contributed by atoms with van der Waals surface area (Å²) in [5.41, 5.74) is -0.347. The van der Waals surface area contributed by atoms with E-state index in [1.807, 2.05) is 4.90 Å². The van der Waals surface area contributed by atoms with E-state index in [2.05, 4.69) is 4.98 Å². The van der Waals surface area contributed by atoms with E-state index in [1.165, 1.54) is 18.2 Å². The van der Waals surface area contributed by atoms with Crippen LogP contribution in [0.2, 0.25) is 0 Å². The number of halogens is 3. The van der Waals surface area contributed by atoms with Gasteiger partial charge in [0.15, 0.2) is 0 Å². The monoisotopic (exact) mass is 365 g/mol. The lowest BCUT2D eigenvalue weighted by Gasteiger charge is -2.35. The van der Waals surface area contributed by atoms with Crippen molar-refractivity contribution < 1.29 is 18.0 Å². The predicted molar refractivity (Wildman–Crippen MR) is 91.0 cm³/mol. The van der Waals surface area contributed by atoms with Crippen LogP contribution in [0.3, 0.4) is 0 Å². The summed E-state index contributed by atoms with van der Waals surface area (Å²) < 4.78 is 37.7. The molecule has 0 bridgehead atoms. The highest BCUT2D eigenvalue weighted by atomic mass is 19.4. The molecule has 26 heavy (non-hydrogen) atoms. The van der Waals surface area contributed by atoms with Gasteiger partial charge in [0.1, 0.15) is 5.82 Å². The number of benzene rings is 1. The third kappa shape index (κ3) is 4.25. The van der Waals surface area contributed by atoms with E-state index in [0.29, 0.717) is 37.6 Å². The molecule has 8 heteroatoms. The fourth-order valence-electron chi connectivity index (χ4n) is 2.92. The van der Waals surface area contributed by atoms with Crippen LogP contribution < -0.4 is 10.5 Å². The largest absolute Gasteiger partial charge is 0.416 e. The van der Waals surface area contributed by atoms with Gasteiger partial charge in [-0.1, -0.05) is 18.2 Å². The second kappa shape index (κ2) is 7.23. The molecule has 0 spiro atoms. The highest BCUT2D eigenvalue weighted by Crippen LogP contribution is 2.29. The highest BCUT2D eigenvalue weighted by Gasteiger charge is 2.30. The normalized spacial score (nSPS) is 15.2. The summed E-state index contributed by atoms with van der Waals surface area (Å²) in [6, 6.07) is 9.58. The minimum absolute atomic E-state index is 0.0697. The lowest BCUT2D eigenvalue weighted by atomic mass is 10.1. The zero-order valence-electron chi connectivity index (χ0n) is 13.9. The molecule has 1 aliphatic rings. The van der Waals surface area contributed by atoms with Gasteiger partial charge in [-0.2, -0.15) is 13.2 Å². The molecule has 0 unspecified atom stereocenters. The molecular formula is C18H18F3N3O2.